The Bertz CT molecular complexity index is 304. The lowest BCUT2D eigenvalue weighted by Crippen LogP contribution is -2.49. The number of hydrogen-bond donors (Lipinski definition) is 2. The predicted molar refractivity (Wildman–Crippen MR) is 68.1 cm³/mol. The van der Waals surface area contributed by atoms with Crippen molar-refractivity contribution in [1.29, 1.82) is 0 Å². The second kappa shape index (κ2) is 5.25. The molecule has 1 aliphatic rings. The van der Waals surface area contributed by atoms with Crippen LogP contribution in [0.25, 0.3) is 0 Å². The monoisotopic (exact) mass is 239 g/mol. The van der Waals surface area contributed by atoms with Crippen LogP contribution >= 0.6 is 11.3 Å². The summed E-state index contributed by atoms with van der Waals surface area (Å²) in [6.45, 7) is 2.37. The maximum Gasteiger partial charge on any atom is 0.0941 e. The van der Waals surface area contributed by atoms with Crippen molar-refractivity contribution in [3.05, 3.63) is 16.6 Å². The first-order valence-electron chi connectivity index (χ1n) is 6.09. The quantitative estimate of drug-likeness (QED) is 0.627. The van der Waals surface area contributed by atoms with Crippen molar-refractivity contribution < 1.29 is 0 Å². The van der Waals surface area contributed by atoms with Gasteiger partial charge in [0.15, 0.2) is 0 Å². The van der Waals surface area contributed by atoms with E-state index in [0.29, 0.717) is 11.5 Å². The number of hydrogen-bond acceptors (Lipinski definition) is 4. The Morgan fingerprint density at radius 3 is 2.81 bits per heavy atom. The van der Waals surface area contributed by atoms with Gasteiger partial charge >= 0.3 is 0 Å². The van der Waals surface area contributed by atoms with Gasteiger partial charge in [0.2, 0.25) is 0 Å². The number of nitrogens with two attached hydrogens (primary N) is 1. The number of rotatable bonds is 4. The molecule has 0 aliphatic heterocycles. The van der Waals surface area contributed by atoms with Gasteiger partial charge in [0.25, 0.3) is 0 Å². The fourth-order valence-corrected chi connectivity index (χ4v) is 3.41. The molecule has 3 N–H and O–H groups in total. The van der Waals surface area contributed by atoms with Crippen molar-refractivity contribution in [3.63, 3.8) is 0 Å². The number of nitrogens with zero attached hydrogens (tertiary/aromatic N) is 1. The fraction of sp³-hybridized carbons (Fsp3) is 0.750. The molecule has 0 spiro atoms. The highest BCUT2D eigenvalue weighted by molar-refractivity contribution is 7.09. The third kappa shape index (κ3) is 2.62. The molecule has 2 rings (SSSR count). The number of nitrogens with one attached hydrogen (secondary N) is 1. The van der Waals surface area contributed by atoms with Crippen molar-refractivity contribution in [3.8, 4) is 0 Å². The number of aromatic nitrogens is 1. The second-order valence-electron chi connectivity index (χ2n) is 5.06. The van der Waals surface area contributed by atoms with Gasteiger partial charge in [-0.05, 0) is 18.3 Å². The van der Waals surface area contributed by atoms with Crippen molar-refractivity contribution >= 4 is 11.3 Å². The van der Waals surface area contributed by atoms with Gasteiger partial charge in [-0.2, -0.15) is 0 Å². The van der Waals surface area contributed by atoms with Gasteiger partial charge in [-0.25, -0.2) is 4.98 Å². The maximum atomic E-state index is 5.73. The highest BCUT2D eigenvalue weighted by atomic mass is 32.1. The average molecular weight is 239 g/mol. The predicted octanol–water partition coefficient (Wildman–Crippen LogP) is 2.49. The zero-order valence-electron chi connectivity index (χ0n) is 9.91. The van der Waals surface area contributed by atoms with E-state index in [-0.39, 0.29) is 0 Å². The third-order valence-corrected chi connectivity index (χ3v) is 4.70. The molecular formula is C12H21N3S. The van der Waals surface area contributed by atoms with Crippen LogP contribution in [-0.4, -0.2) is 11.0 Å². The summed E-state index contributed by atoms with van der Waals surface area (Å²) < 4.78 is 0. The molecule has 0 amide bonds. The highest BCUT2D eigenvalue weighted by Gasteiger charge is 2.35. The Morgan fingerprint density at radius 1 is 1.50 bits per heavy atom. The van der Waals surface area contributed by atoms with Crippen LogP contribution in [0.5, 0.6) is 0 Å². The van der Waals surface area contributed by atoms with E-state index in [1.165, 1.54) is 37.1 Å². The van der Waals surface area contributed by atoms with E-state index in [0.717, 1.165) is 6.42 Å². The molecule has 1 aromatic rings. The molecule has 1 heterocycles. The minimum atomic E-state index is 0.346. The molecule has 1 aliphatic carbocycles. The number of hydrazine groups is 1. The van der Waals surface area contributed by atoms with E-state index in [9.17, 15) is 0 Å². The zero-order valence-corrected chi connectivity index (χ0v) is 10.7. The minimum absolute atomic E-state index is 0.346. The largest absolute Gasteiger partial charge is 0.271 e. The topological polar surface area (TPSA) is 50.9 Å². The molecule has 0 radical (unpaired) electrons. The van der Waals surface area contributed by atoms with E-state index < -0.39 is 0 Å². The Labute approximate surface area is 101 Å². The highest BCUT2D eigenvalue weighted by Crippen LogP contribution is 2.39. The number of thiazole rings is 1. The Hall–Kier alpha value is -0.450. The fourth-order valence-electron chi connectivity index (χ4n) is 2.74. The van der Waals surface area contributed by atoms with E-state index in [1.807, 2.05) is 11.6 Å². The molecule has 1 unspecified atom stereocenters. The van der Waals surface area contributed by atoms with Gasteiger partial charge in [-0.15, -0.1) is 11.3 Å². The summed E-state index contributed by atoms with van der Waals surface area (Å²) in [5, 5.41) is 3.22. The molecule has 1 saturated carbocycles. The first-order chi connectivity index (χ1) is 7.74. The van der Waals surface area contributed by atoms with Crippen LogP contribution < -0.4 is 11.3 Å². The summed E-state index contributed by atoms with van der Waals surface area (Å²) >= 11 is 1.72. The lowest BCUT2D eigenvalue weighted by atomic mass is 9.70. The molecule has 1 atom stereocenters. The van der Waals surface area contributed by atoms with Crippen molar-refractivity contribution in [2.45, 2.75) is 51.5 Å². The summed E-state index contributed by atoms with van der Waals surface area (Å²) in [6, 6.07) is 0.360. The van der Waals surface area contributed by atoms with Crippen LogP contribution in [0.4, 0.5) is 0 Å². The molecule has 1 fully saturated rings. The van der Waals surface area contributed by atoms with Crippen LogP contribution in [0.2, 0.25) is 0 Å². The van der Waals surface area contributed by atoms with Gasteiger partial charge in [-0.3, -0.25) is 11.3 Å². The summed E-state index contributed by atoms with van der Waals surface area (Å²) in [7, 11) is 0. The normalized spacial score (nSPS) is 21.9. The SMILES string of the molecule is CC1(C(Cc2nccs2)NN)CCCCC1. The van der Waals surface area contributed by atoms with Gasteiger partial charge in [0, 0.05) is 24.0 Å². The van der Waals surface area contributed by atoms with E-state index in [2.05, 4.69) is 17.3 Å². The Kier molecular flexibility index (Phi) is 3.95. The smallest absolute Gasteiger partial charge is 0.0941 e. The summed E-state index contributed by atoms with van der Waals surface area (Å²) in [5.74, 6) is 5.73. The van der Waals surface area contributed by atoms with Crippen molar-refractivity contribution in [2.75, 3.05) is 0 Å². The van der Waals surface area contributed by atoms with Crippen LogP contribution in [0.3, 0.4) is 0 Å². The van der Waals surface area contributed by atoms with Gasteiger partial charge in [-0.1, -0.05) is 26.2 Å². The molecule has 1 aromatic heterocycles. The molecule has 0 bridgehead atoms. The second-order valence-corrected chi connectivity index (χ2v) is 6.04. The van der Waals surface area contributed by atoms with Gasteiger partial charge in [0.1, 0.15) is 0 Å². The van der Waals surface area contributed by atoms with Gasteiger partial charge in [0.05, 0.1) is 5.01 Å². The molecule has 90 valence electrons. The Balaban J connectivity index is 2.03. The summed E-state index contributed by atoms with van der Waals surface area (Å²) in [4.78, 5) is 4.35. The first kappa shape index (κ1) is 12.0. The van der Waals surface area contributed by atoms with Crippen LogP contribution in [0, 0.1) is 5.41 Å². The van der Waals surface area contributed by atoms with E-state index >= 15 is 0 Å². The third-order valence-electron chi connectivity index (χ3n) is 3.90. The molecule has 0 aromatic carbocycles. The van der Waals surface area contributed by atoms with Crippen LogP contribution in [-0.2, 0) is 6.42 Å². The molecule has 0 saturated heterocycles. The lowest BCUT2D eigenvalue weighted by molar-refractivity contribution is 0.144. The zero-order chi connectivity index (χ0) is 11.4. The van der Waals surface area contributed by atoms with E-state index in [4.69, 9.17) is 5.84 Å². The van der Waals surface area contributed by atoms with Gasteiger partial charge < -0.3 is 0 Å². The van der Waals surface area contributed by atoms with E-state index in [1.54, 1.807) is 11.3 Å². The average Bonchev–Trinajstić information content (AvgIpc) is 2.79. The van der Waals surface area contributed by atoms with Crippen LogP contribution in [0.1, 0.15) is 44.0 Å². The van der Waals surface area contributed by atoms with Crippen LogP contribution in [0.15, 0.2) is 11.6 Å². The summed E-state index contributed by atoms with van der Waals surface area (Å²) in [5.41, 5.74) is 3.36. The molecule has 16 heavy (non-hydrogen) atoms. The standard InChI is InChI=1S/C12H21N3S/c1-12(5-3-2-4-6-12)10(15-13)9-11-14-7-8-16-11/h7-8,10,15H,2-6,9,13H2,1H3. The summed E-state index contributed by atoms with van der Waals surface area (Å²) in [6.07, 6.45) is 9.46. The maximum absolute atomic E-state index is 5.73. The lowest BCUT2D eigenvalue weighted by Gasteiger charge is -2.40. The molecule has 3 nitrogen and oxygen atoms in total. The van der Waals surface area contributed by atoms with Crippen molar-refractivity contribution in [1.82, 2.24) is 10.4 Å². The molecular weight excluding hydrogens is 218 g/mol. The van der Waals surface area contributed by atoms with Crippen molar-refractivity contribution in [2.24, 2.45) is 11.3 Å². The molecule has 4 heteroatoms. The Morgan fingerprint density at radius 2 is 2.25 bits per heavy atom. The first-order valence-corrected chi connectivity index (χ1v) is 6.97. The minimum Gasteiger partial charge on any atom is -0.271 e.